The second kappa shape index (κ2) is 5.33. The van der Waals surface area contributed by atoms with Crippen molar-refractivity contribution in [3.63, 3.8) is 0 Å². The van der Waals surface area contributed by atoms with Crippen molar-refractivity contribution in [2.75, 3.05) is 14.2 Å². The summed E-state index contributed by atoms with van der Waals surface area (Å²) >= 11 is 0. The van der Waals surface area contributed by atoms with E-state index in [1.54, 1.807) is 12.1 Å². The topological polar surface area (TPSA) is 70.8 Å². The van der Waals surface area contributed by atoms with Crippen molar-refractivity contribution < 1.29 is 19.1 Å². The van der Waals surface area contributed by atoms with Gasteiger partial charge in [-0.3, -0.25) is 9.63 Å². The average molecular weight is 211 g/mol. The van der Waals surface area contributed by atoms with Crippen LogP contribution in [0.4, 0.5) is 0 Å². The average Bonchev–Trinajstić information content (AvgIpc) is 2.28. The molecule has 0 saturated heterocycles. The maximum Gasteiger partial charge on any atom is 0.171 e. The van der Waals surface area contributed by atoms with Gasteiger partial charge < -0.3 is 9.47 Å². The van der Waals surface area contributed by atoms with E-state index in [1.807, 2.05) is 0 Å². The third-order valence-corrected chi connectivity index (χ3v) is 1.94. The minimum atomic E-state index is 0.210. The van der Waals surface area contributed by atoms with Crippen molar-refractivity contribution >= 4 is 6.29 Å². The fraction of sp³-hybridized carbons (Fsp3) is 0.300. The van der Waals surface area contributed by atoms with Gasteiger partial charge in [0.25, 0.3) is 0 Å². The van der Waals surface area contributed by atoms with E-state index in [2.05, 4.69) is 4.84 Å². The van der Waals surface area contributed by atoms with Crippen molar-refractivity contribution in [3.8, 4) is 11.5 Å². The molecule has 0 aliphatic heterocycles. The van der Waals surface area contributed by atoms with E-state index >= 15 is 0 Å². The molecule has 0 spiro atoms. The highest BCUT2D eigenvalue weighted by Gasteiger charge is 2.11. The van der Waals surface area contributed by atoms with E-state index in [-0.39, 0.29) is 6.61 Å². The highest BCUT2D eigenvalue weighted by atomic mass is 16.6. The summed E-state index contributed by atoms with van der Waals surface area (Å²) in [5, 5.41) is 0. The van der Waals surface area contributed by atoms with Gasteiger partial charge in [0.1, 0.15) is 0 Å². The van der Waals surface area contributed by atoms with E-state index in [4.69, 9.17) is 15.4 Å². The highest BCUT2D eigenvalue weighted by Crippen LogP contribution is 2.31. The first-order chi connectivity index (χ1) is 7.26. The summed E-state index contributed by atoms with van der Waals surface area (Å²) in [5.74, 6) is 5.84. The lowest BCUT2D eigenvalue weighted by atomic mass is 10.1. The molecule has 5 heteroatoms. The monoisotopic (exact) mass is 211 g/mol. The molecule has 0 aromatic heterocycles. The molecule has 1 aromatic carbocycles. The molecule has 0 aliphatic carbocycles. The molecule has 0 fully saturated rings. The number of nitrogens with two attached hydrogens (primary N) is 1. The van der Waals surface area contributed by atoms with Crippen LogP contribution < -0.4 is 15.4 Å². The Bertz CT molecular complexity index is 352. The molecule has 15 heavy (non-hydrogen) atoms. The molecule has 0 atom stereocenters. The normalized spacial score (nSPS) is 9.80. The van der Waals surface area contributed by atoms with Crippen LogP contribution in [0.15, 0.2) is 12.1 Å². The van der Waals surface area contributed by atoms with Gasteiger partial charge in [-0.15, -0.1) is 0 Å². The van der Waals surface area contributed by atoms with Crippen molar-refractivity contribution in [1.29, 1.82) is 0 Å². The minimum Gasteiger partial charge on any atom is -0.493 e. The van der Waals surface area contributed by atoms with Crippen LogP contribution in [-0.2, 0) is 11.4 Å². The first kappa shape index (κ1) is 11.5. The number of hydrogen-bond donors (Lipinski definition) is 1. The van der Waals surface area contributed by atoms with E-state index < -0.39 is 0 Å². The first-order valence-electron chi connectivity index (χ1n) is 4.28. The van der Waals surface area contributed by atoms with Crippen LogP contribution in [0.2, 0.25) is 0 Å². The first-order valence-corrected chi connectivity index (χ1v) is 4.28. The number of rotatable bonds is 5. The predicted molar refractivity (Wildman–Crippen MR) is 53.9 cm³/mol. The Balaban J connectivity index is 3.22. The molecule has 2 N–H and O–H groups in total. The Hall–Kier alpha value is -1.59. The third-order valence-electron chi connectivity index (χ3n) is 1.94. The van der Waals surface area contributed by atoms with Crippen molar-refractivity contribution in [1.82, 2.24) is 0 Å². The molecule has 0 amide bonds. The second-order valence-corrected chi connectivity index (χ2v) is 2.85. The molecule has 82 valence electrons. The number of carbonyl (C=O) groups excluding carboxylic acids is 1. The lowest BCUT2D eigenvalue weighted by Crippen LogP contribution is -2.02. The van der Waals surface area contributed by atoms with Gasteiger partial charge in [-0.25, -0.2) is 5.90 Å². The van der Waals surface area contributed by atoms with E-state index in [1.165, 1.54) is 14.2 Å². The largest absolute Gasteiger partial charge is 0.493 e. The summed E-state index contributed by atoms with van der Waals surface area (Å²) in [6, 6.07) is 3.35. The number of carbonyl (C=O) groups is 1. The van der Waals surface area contributed by atoms with E-state index in [0.29, 0.717) is 23.3 Å². The predicted octanol–water partition coefficient (Wildman–Crippen LogP) is 0.907. The number of methoxy groups -OCH3 is 2. The standard InChI is InChI=1S/C10H13NO4/c1-13-9-4-7(6-15-11)3-8(5-12)10(9)14-2/h3-5H,6,11H2,1-2H3. The zero-order valence-electron chi connectivity index (χ0n) is 8.65. The summed E-state index contributed by atoms with van der Waals surface area (Å²) in [5.41, 5.74) is 1.15. The van der Waals surface area contributed by atoms with Crippen LogP contribution in [0.5, 0.6) is 11.5 Å². The van der Waals surface area contributed by atoms with Crippen molar-refractivity contribution in [3.05, 3.63) is 23.3 Å². The summed E-state index contributed by atoms with van der Waals surface area (Å²) in [7, 11) is 2.98. The molecule has 5 nitrogen and oxygen atoms in total. The van der Waals surface area contributed by atoms with Gasteiger partial charge in [-0.05, 0) is 17.7 Å². The molecular formula is C10H13NO4. The lowest BCUT2D eigenvalue weighted by molar-refractivity contribution is 0.111. The van der Waals surface area contributed by atoms with Crippen molar-refractivity contribution in [2.24, 2.45) is 5.90 Å². The summed E-state index contributed by atoms with van der Waals surface area (Å²) in [4.78, 5) is 15.3. The fourth-order valence-corrected chi connectivity index (χ4v) is 1.32. The molecule has 0 bridgehead atoms. The van der Waals surface area contributed by atoms with Gasteiger partial charge in [0.05, 0.1) is 26.4 Å². The molecule has 1 aromatic rings. The Kier molecular flexibility index (Phi) is 4.08. The Morgan fingerprint density at radius 1 is 1.33 bits per heavy atom. The van der Waals surface area contributed by atoms with Crippen LogP contribution in [0.1, 0.15) is 15.9 Å². The Labute approximate surface area is 87.7 Å². The van der Waals surface area contributed by atoms with E-state index in [9.17, 15) is 4.79 Å². The van der Waals surface area contributed by atoms with Crippen LogP contribution in [0, 0.1) is 0 Å². The zero-order chi connectivity index (χ0) is 11.3. The fourth-order valence-electron chi connectivity index (χ4n) is 1.32. The van der Waals surface area contributed by atoms with Gasteiger partial charge in [0.15, 0.2) is 17.8 Å². The summed E-state index contributed by atoms with van der Waals surface area (Å²) in [6.07, 6.45) is 0.696. The van der Waals surface area contributed by atoms with Gasteiger partial charge in [0.2, 0.25) is 0 Å². The molecular weight excluding hydrogens is 198 g/mol. The van der Waals surface area contributed by atoms with Crippen LogP contribution in [-0.4, -0.2) is 20.5 Å². The molecule has 0 heterocycles. The molecule has 1 rings (SSSR count). The van der Waals surface area contributed by atoms with E-state index in [0.717, 1.165) is 5.56 Å². The summed E-state index contributed by atoms with van der Waals surface area (Å²) in [6.45, 7) is 0.210. The summed E-state index contributed by atoms with van der Waals surface area (Å²) < 4.78 is 10.1. The Morgan fingerprint density at radius 2 is 2.07 bits per heavy atom. The van der Waals surface area contributed by atoms with Crippen LogP contribution in [0.25, 0.3) is 0 Å². The second-order valence-electron chi connectivity index (χ2n) is 2.85. The van der Waals surface area contributed by atoms with Crippen LogP contribution >= 0.6 is 0 Å². The van der Waals surface area contributed by atoms with Crippen molar-refractivity contribution in [2.45, 2.75) is 6.61 Å². The molecule has 0 saturated carbocycles. The maximum atomic E-state index is 10.8. The molecule has 0 aliphatic rings. The van der Waals surface area contributed by atoms with Gasteiger partial charge in [-0.1, -0.05) is 0 Å². The number of benzene rings is 1. The zero-order valence-corrected chi connectivity index (χ0v) is 8.65. The number of aldehydes is 1. The molecule has 0 unspecified atom stereocenters. The third kappa shape index (κ3) is 2.45. The quantitative estimate of drug-likeness (QED) is 0.579. The number of ether oxygens (including phenoxy) is 2. The van der Waals surface area contributed by atoms with Crippen LogP contribution in [0.3, 0.4) is 0 Å². The van der Waals surface area contributed by atoms with Gasteiger partial charge >= 0.3 is 0 Å². The maximum absolute atomic E-state index is 10.8. The molecule has 0 radical (unpaired) electrons. The lowest BCUT2D eigenvalue weighted by Gasteiger charge is -2.11. The van der Waals surface area contributed by atoms with Gasteiger partial charge in [-0.2, -0.15) is 0 Å². The highest BCUT2D eigenvalue weighted by molar-refractivity contribution is 5.81. The SMILES string of the molecule is COc1cc(CON)cc(C=O)c1OC. The Morgan fingerprint density at radius 3 is 2.53 bits per heavy atom. The smallest absolute Gasteiger partial charge is 0.171 e. The van der Waals surface area contributed by atoms with Gasteiger partial charge in [0, 0.05) is 0 Å². The number of hydrogen-bond acceptors (Lipinski definition) is 5. The minimum absolute atomic E-state index is 0.210.